The Morgan fingerprint density at radius 1 is 1.37 bits per heavy atom. The normalized spacial score (nSPS) is 19.4. The van der Waals surface area contributed by atoms with Gasteiger partial charge in [-0.2, -0.15) is 0 Å². The summed E-state index contributed by atoms with van der Waals surface area (Å²) in [7, 11) is 1.66. The van der Waals surface area contributed by atoms with Crippen LogP contribution >= 0.6 is 0 Å². The zero-order valence-corrected chi connectivity index (χ0v) is 11.6. The number of rotatable bonds is 5. The first-order valence-corrected chi connectivity index (χ1v) is 6.78. The van der Waals surface area contributed by atoms with E-state index in [-0.39, 0.29) is 12.0 Å². The number of nitrogens with zero attached hydrogens (tertiary/aromatic N) is 1. The number of esters is 1. The molecule has 1 fully saturated rings. The second-order valence-corrected chi connectivity index (χ2v) is 4.73. The Labute approximate surface area is 114 Å². The smallest absolute Gasteiger partial charge is 0.323 e. The van der Waals surface area contributed by atoms with Gasteiger partial charge in [0.25, 0.3) is 0 Å². The average Bonchev–Trinajstić information content (AvgIpc) is 2.88. The molecule has 1 heterocycles. The number of hydrogen-bond acceptors (Lipinski definition) is 4. The van der Waals surface area contributed by atoms with E-state index in [0.29, 0.717) is 6.61 Å². The van der Waals surface area contributed by atoms with Crippen molar-refractivity contribution in [2.75, 3.05) is 20.3 Å². The molecular formula is C15H21NO3. The molecule has 1 aromatic rings. The first kappa shape index (κ1) is 13.9. The number of ether oxygens (including phenoxy) is 2. The molecule has 104 valence electrons. The van der Waals surface area contributed by atoms with Crippen molar-refractivity contribution in [3.8, 4) is 5.75 Å². The summed E-state index contributed by atoms with van der Waals surface area (Å²) in [6.45, 7) is 4.04. The van der Waals surface area contributed by atoms with Crippen LogP contribution < -0.4 is 4.74 Å². The number of likely N-dealkylation sites (tertiary alicyclic amines) is 1. The van der Waals surface area contributed by atoms with E-state index in [2.05, 4.69) is 4.90 Å². The van der Waals surface area contributed by atoms with E-state index in [1.165, 1.54) is 5.56 Å². The van der Waals surface area contributed by atoms with Crippen LogP contribution in [0.25, 0.3) is 0 Å². The fraction of sp³-hybridized carbons (Fsp3) is 0.533. The fourth-order valence-corrected chi connectivity index (χ4v) is 2.49. The second kappa shape index (κ2) is 6.57. The number of methoxy groups -OCH3 is 1. The second-order valence-electron chi connectivity index (χ2n) is 4.73. The van der Waals surface area contributed by atoms with Crippen molar-refractivity contribution in [1.82, 2.24) is 4.90 Å². The van der Waals surface area contributed by atoms with Crippen LogP contribution in [0.2, 0.25) is 0 Å². The third-order valence-corrected chi connectivity index (χ3v) is 3.47. The van der Waals surface area contributed by atoms with Gasteiger partial charge >= 0.3 is 5.97 Å². The maximum Gasteiger partial charge on any atom is 0.323 e. The summed E-state index contributed by atoms with van der Waals surface area (Å²) >= 11 is 0. The van der Waals surface area contributed by atoms with Crippen LogP contribution in [-0.2, 0) is 16.1 Å². The first-order chi connectivity index (χ1) is 9.24. The molecule has 0 aliphatic carbocycles. The van der Waals surface area contributed by atoms with Gasteiger partial charge in [0, 0.05) is 6.54 Å². The van der Waals surface area contributed by atoms with E-state index in [1.807, 2.05) is 31.2 Å². The molecule has 1 aliphatic rings. The molecule has 0 bridgehead atoms. The highest BCUT2D eigenvalue weighted by Crippen LogP contribution is 2.22. The standard InChI is InChI=1S/C15H21NO3/c1-3-19-15(17)14-5-4-10-16(14)11-12-6-8-13(18-2)9-7-12/h6-9,14H,3-5,10-11H2,1-2H3. The minimum atomic E-state index is -0.0893. The van der Waals surface area contributed by atoms with E-state index in [9.17, 15) is 4.79 Å². The van der Waals surface area contributed by atoms with Crippen LogP contribution in [0.5, 0.6) is 5.75 Å². The summed E-state index contributed by atoms with van der Waals surface area (Å²) in [5, 5.41) is 0. The number of carbonyl (C=O) groups excluding carboxylic acids is 1. The van der Waals surface area contributed by atoms with E-state index >= 15 is 0 Å². The van der Waals surface area contributed by atoms with E-state index < -0.39 is 0 Å². The van der Waals surface area contributed by atoms with Gasteiger partial charge < -0.3 is 9.47 Å². The molecule has 1 aromatic carbocycles. The minimum Gasteiger partial charge on any atom is -0.497 e. The Balaban J connectivity index is 1.98. The molecule has 4 nitrogen and oxygen atoms in total. The quantitative estimate of drug-likeness (QED) is 0.764. The molecule has 0 spiro atoms. The maximum atomic E-state index is 11.9. The monoisotopic (exact) mass is 263 g/mol. The lowest BCUT2D eigenvalue weighted by Crippen LogP contribution is -2.36. The van der Waals surface area contributed by atoms with E-state index in [1.54, 1.807) is 7.11 Å². The third-order valence-electron chi connectivity index (χ3n) is 3.47. The van der Waals surface area contributed by atoms with Gasteiger partial charge in [0.05, 0.1) is 13.7 Å². The molecule has 1 aliphatic heterocycles. The highest BCUT2D eigenvalue weighted by atomic mass is 16.5. The number of hydrogen-bond donors (Lipinski definition) is 0. The van der Waals surface area contributed by atoms with Crippen LogP contribution in [-0.4, -0.2) is 37.2 Å². The van der Waals surface area contributed by atoms with Gasteiger partial charge in [-0.15, -0.1) is 0 Å². The topological polar surface area (TPSA) is 38.8 Å². The molecular weight excluding hydrogens is 242 g/mol. The fourth-order valence-electron chi connectivity index (χ4n) is 2.49. The number of benzene rings is 1. The minimum absolute atomic E-state index is 0.0814. The summed E-state index contributed by atoms with van der Waals surface area (Å²) < 4.78 is 10.3. The highest BCUT2D eigenvalue weighted by Gasteiger charge is 2.31. The predicted molar refractivity (Wildman–Crippen MR) is 73.1 cm³/mol. The Hall–Kier alpha value is -1.55. The van der Waals surface area contributed by atoms with Crippen molar-refractivity contribution in [2.45, 2.75) is 32.4 Å². The summed E-state index contributed by atoms with van der Waals surface area (Å²) in [4.78, 5) is 14.1. The molecule has 19 heavy (non-hydrogen) atoms. The van der Waals surface area contributed by atoms with Gasteiger partial charge in [-0.05, 0) is 44.0 Å². The van der Waals surface area contributed by atoms with Crippen LogP contribution in [0.15, 0.2) is 24.3 Å². The van der Waals surface area contributed by atoms with Crippen LogP contribution in [0.1, 0.15) is 25.3 Å². The lowest BCUT2D eigenvalue weighted by Gasteiger charge is -2.22. The molecule has 1 atom stereocenters. The average molecular weight is 263 g/mol. The van der Waals surface area contributed by atoms with Crippen LogP contribution in [0, 0.1) is 0 Å². The van der Waals surface area contributed by atoms with E-state index in [4.69, 9.17) is 9.47 Å². The van der Waals surface area contributed by atoms with Gasteiger partial charge in [-0.1, -0.05) is 12.1 Å². The van der Waals surface area contributed by atoms with Crippen molar-refractivity contribution in [2.24, 2.45) is 0 Å². The van der Waals surface area contributed by atoms with Crippen molar-refractivity contribution < 1.29 is 14.3 Å². The zero-order chi connectivity index (χ0) is 13.7. The van der Waals surface area contributed by atoms with Crippen molar-refractivity contribution >= 4 is 5.97 Å². The Morgan fingerprint density at radius 2 is 2.11 bits per heavy atom. The van der Waals surface area contributed by atoms with Crippen LogP contribution in [0.4, 0.5) is 0 Å². The largest absolute Gasteiger partial charge is 0.497 e. The summed E-state index contributed by atoms with van der Waals surface area (Å²) in [6, 6.07) is 7.90. The van der Waals surface area contributed by atoms with Crippen LogP contribution in [0.3, 0.4) is 0 Å². The molecule has 4 heteroatoms. The molecule has 0 amide bonds. The van der Waals surface area contributed by atoms with Gasteiger partial charge in [0.1, 0.15) is 11.8 Å². The molecule has 0 radical (unpaired) electrons. The first-order valence-electron chi connectivity index (χ1n) is 6.78. The van der Waals surface area contributed by atoms with E-state index in [0.717, 1.165) is 31.7 Å². The summed E-state index contributed by atoms with van der Waals surface area (Å²) in [5.74, 6) is 0.764. The van der Waals surface area contributed by atoms with Gasteiger partial charge in [-0.25, -0.2) is 0 Å². The molecule has 2 rings (SSSR count). The molecule has 0 aromatic heterocycles. The zero-order valence-electron chi connectivity index (χ0n) is 11.6. The Morgan fingerprint density at radius 3 is 2.74 bits per heavy atom. The molecule has 1 unspecified atom stereocenters. The highest BCUT2D eigenvalue weighted by molar-refractivity contribution is 5.76. The Kier molecular flexibility index (Phi) is 4.80. The lowest BCUT2D eigenvalue weighted by atomic mass is 10.2. The lowest BCUT2D eigenvalue weighted by molar-refractivity contribution is -0.148. The number of carbonyl (C=O) groups is 1. The molecule has 0 N–H and O–H groups in total. The Bertz CT molecular complexity index is 416. The summed E-state index contributed by atoms with van der Waals surface area (Å²) in [6.07, 6.45) is 1.95. The van der Waals surface area contributed by atoms with Gasteiger partial charge in [0.2, 0.25) is 0 Å². The molecule has 0 saturated carbocycles. The summed E-state index contributed by atoms with van der Waals surface area (Å²) in [5.41, 5.74) is 1.19. The van der Waals surface area contributed by atoms with Crippen molar-refractivity contribution in [1.29, 1.82) is 0 Å². The SMILES string of the molecule is CCOC(=O)C1CCCN1Cc1ccc(OC)cc1. The molecule has 1 saturated heterocycles. The van der Waals surface area contributed by atoms with Crippen molar-refractivity contribution in [3.63, 3.8) is 0 Å². The third kappa shape index (κ3) is 3.47. The van der Waals surface area contributed by atoms with Gasteiger partial charge in [0.15, 0.2) is 0 Å². The van der Waals surface area contributed by atoms with Gasteiger partial charge in [-0.3, -0.25) is 9.69 Å². The maximum absolute atomic E-state index is 11.9. The van der Waals surface area contributed by atoms with Crippen molar-refractivity contribution in [3.05, 3.63) is 29.8 Å². The predicted octanol–water partition coefficient (Wildman–Crippen LogP) is 2.22.